The summed E-state index contributed by atoms with van der Waals surface area (Å²) in [6, 6.07) is 23.8. The molecule has 12 heteroatoms. The Morgan fingerprint density at radius 1 is 0.939 bits per heavy atom. The van der Waals surface area contributed by atoms with Crippen LogP contribution < -0.4 is 14.4 Å². The van der Waals surface area contributed by atoms with E-state index in [0.29, 0.717) is 28.0 Å². The van der Waals surface area contributed by atoms with Crippen LogP contribution in [0.25, 0.3) is 0 Å². The Bertz CT molecular complexity index is 1840. The van der Waals surface area contributed by atoms with Crippen LogP contribution in [0.15, 0.2) is 102 Å². The molecule has 1 N–H and O–H groups in total. The number of sulfonamides is 1. The summed E-state index contributed by atoms with van der Waals surface area (Å²) in [6.45, 7) is 1.47. The summed E-state index contributed by atoms with van der Waals surface area (Å²) >= 11 is 12.8. The van der Waals surface area contributed by atoms with Gasteiger partial charge in [-0.1, -0.05) is 72.4 Å². The maximum absolute atomic E-state index is 14.7. The molecule has 5 rings (SSSR count). The number of hydrogen-bond donors (Lipinski definition) is 1. The van der Waals surface area contributed by atoms with Gasteiger partial charge >= 0.3 is 0 Å². The predicted octanol–water partition coefficient (Wildman–Crippen LogP) is 7.43. The molecule has 0 heterocycles. The van der Waals surface area contributed by atoms with Crippen molar-refractivity contribution in [1.29, 1.82) is 0 Å². The Hall–Kier alpha value is -4.12. The molecular formula is C37H38Cl2FN3O5S. The zero-order valence-corrected chi connectivity index (χ0v) is 29.4. The second-order valence-electron chi connectivity index (χ2n) is 11.8. The average molecular weight is 727 g/mol. The number of ether oxygens (including phenoxy) is 1. The lowest BCUT2D eigenvalue weighted by Crippen LogP contribution is -2.54. The first-order chi connectivity index (χ1) is 23.5. The quantitative estimate of drug-likeness (QED) is 0.146. The number of rotatable bonds is 14. The summed E-state index contributed by atoms with van der Waals surface area (Å²) < 4.78 is 48.7. The Morgan fingerprint density at radius 3 is 2.24 bits per heavy atom. The highest BCUT2D eigenvalue weighted by atomic mass is 35.5. The summed E-state index contributed by atoms with van der Waals surface area (Å²) in [5.74, 6) is -1.08. The summed E-state index contributed by atoms with van der Waals surface area (Å²) in [6.07, 6.45) is 3.83. The van der Waals surface area contributed by atoms with E-state index in [4.69, 9.17) is 27.9 Å². The third kappa shape index (κ3) is 9.32. The second-order valence-corrected chi connectivity index (χ2v) is 14.6. The Balaban J connectivity index is 1.58. The van der Waals surface area contributed by atoms with Crippen LogP contribution in [0.4, 0.5) is 10.1 Å². The van der Waals surface area contributed by atoms with Gasteiger partial charge in [-0.3, -0.25) is 13.9 Å². The minimum atomic E-state index is -4.40. The van der Waals surface area contributed by atoms with Crippen molar-refractivity contribution in [1.82, 2.24) is 10.2 Å². The summed E-state index contributed by atoms with van der Waals surface area (Å²) in [4.78, 5) is 30.0. The van der Waals surface area contributed by atoms with Crippen molar-refractivity contribution < 1.29 is 27.1 Å². The molecule has 49 heavy (non-hydrogen) atoms. The van der Waals surface area contributed by atoms with Gasteiger partial charge < -0.3 is 15.0 Å². The fraction of sp³-hybridized carbons (Fsp3) is 0.297. The molecule has 1 atom stereocenters. The number of nitrogens with zero attached hydrogens (tertiary/aromatic N) is 2. The minimum absolute atomic E-state index is 0.0268. The number of anilines is 1. The Morgan fingerprint density at radius 2 is 1.61 bits per heavy atom. The van der Waals surface area contributed by atoms with E-state index in [-0.39, 0.29) is 35.5 Å². The predicted molar refractivity (Wildman–Crippen MR) is 190 cm³/mol. The van der Waals surface area contributed by atoms with Crippen molar-refractivity contribution in [3.63, 3.8) is 0 Å². The highest BCUT2D eigenvalue weighted by Crippen LogP contribution is 2.29. The van der Waals surface area contributed by atoms with Crippen LogP contribution in [0, 0.1) is 5.82 Å². The lowest BCUT2D eigenvalue weighted by molar-refractivity contribution is -0.140. The standard InChI is InChI=1S/C37H38Cl2FN3O5S/c1-2-48-32-18-16-31(17-19-32)43(49(46,47)33-20-14-29(40)15-21-33)25-36(44)42(24-27-12-13-28(38)23-34(27)39)35(22-26-8-4-3-5-9-26)37(45)41-30-10-6-7-11-30/h3-5,8-9,12-21,23,30,35H,2,6-7,10-11,22,24-25H2,1H3,(H,41,45). The third-order valence-electron chi connectivity index (χ3n) is 8.44. The van der Waals surface area contributed by atoms with Crippen LogP contribution in [-0.2, 0) is 32.6 Å². The van der Waals surface area contributed by atoms with Gasteiger partial charge in [0.1, 0.15) is 24.2 Å². The number of halogens is 3. The summed E-state index contributed by atoms with van der Waals surface area (Å²) in [7, 11) is -4.40. The van der Waals surface area contributed by atoms with E-state index in [1.165, 1.54) is 17.0 Å². The molecule has 4 aromatic rings. The van der Waals surface area contributed by atoms with Crippen molar-refractivity contribution in [2.45, 2.75) is 62.6 Å². The van der Waals surface area contributed by atoms with E-state index < -0.39 is 34.3 Å². The molecular weight excluding hydrogens is 688 g/mol. The number of hydrogen-bond acceptors (Lipinski definition) is 5. The summed E-state index contributed by atoms with van der Waals surface area (Å²) in [5.41, 5.74) is 1.53. The van der Waals surface area contributed by atoms with Crippen molar-refractivity contribution in [2.75, 3.05) is 17.5 Å². The van der Waals surface area contributed by atoms with Gasteiger partial charge in [-0.25, -0.2) is 12.8 Å². The number of carbonyl (C=O) groups is 2. The highest BCUT2D eigenvalue weighted by molar-refractivity contribution is 7.92. The lowest BCUT2D eigenvalue weighted by atomic mass is 10.0. The van der Waals surface area contributed by atoms with E-state index in [0.717, 1.165) is 59.8 Å². The molecule has 8 nitrogen and oxygen atoms in total. The molecule has 0 radical (unpaired) electrons. The van der Waals surface area contributed by atoms with Gasteiger partial charge in [0.05, 0.1) is 17.2 Å². The molecule has 1 aliphatic carbocycles. The maximum Gasteiger partial charge on any atom is 0.264 e. The molecule has 1 unspecified atom stereocenters. The monoisotopic (exact) mass is 725 g/mol. The van der Waals surface area contributed by atoms with Gasteiger partial charge in [-0.2, -0.15) is 0 Å². The number of nitrogens with one attached hydrogen (secondary N) is 1. The van der Waals surface area contributed by atoms with Crippen molar-refractivity contribution in [3.8, 4) is 5.75 Å². The van der Waals surface area contributed by atoms with Gasteiger partial charge in [-0.15, -0.1) is 0 Å². The van der Waals surface area contributed by atoms with Gasteiger partial charge in [-0.05, 0) is 91.6 Å². The minimum Gasteiger partial charge on any atom is -0.494 e. The first kappa shape index (κ1) is 36.2. The molecule has 2 amide bonds. The number of benzene rings is 4. The van der Waals surface area contributed by atoms with Crippen molar-refractivity contribution >= 4 is 50.7 Å². The van der Waals surface area contributed by atoms with Crippen molar-refractivity contribution in [3.05, 3.63) is 124 Å². The Kier molecular flexibility index (Phi) is 12.2. The summed E-state index contributed by atoms with van der Waals surface area (Å²) in [5, 5.41) is 3.84. The molecule has 1 fully saturated rings. The van der Waals surface area contributed by atoms with Gasteiger partial charge in [0.15, 0.2) is 0 Å². The molecule has 258 valence electrons. The largest absolute Gasteiger partial charge is 0.494 e. The first-order valence-electron chi connectivity index (χ1n) is 16.1. The van der Waals surface area contributed by atoms with E-state index in [9.17, 15) is 22.4 Å². The third-order valence-corrected chi connectivity index (χ3v) is 10.8. The van der Waals surface area contributed by atoms with Crippen LogP contribution in [0.2, 0.25) is 10.0 Å². The molecule has 0 aromatic heterocycles. The topological polar surface area (TPSA) is 96.0 Å². The van der Waals surface area contributed by atoms with E-state index in [1.807, 2.05) is 37.3 Å². The molecule has 4 aromatic carbocycles. The van der Waals surface area contributed by atoms with E-state index in [2.05, 4.69) is 5.32 Å². The molecule has 0 aliphatic heterocycles. The van der Waals surface area contributed by atoms with Crippen LogP contribution in [-0.4, -0.2) is 50.4 Å². The van der Waals surface area contributed by atoms with Crippen molar-refractivity contribution in [2.24, 2.45) is 0 Å². The molecule has 0 spiro atoms. The smallest absolute Gasteiger partial charge is 0.264 e. The molecule has 0 bridgehead atoms. The number of amides is 2. The van der Waals surface area contributed by atoms with Gasteiger partial charge in [0.2, 0.25) is 11.8 Å². The zero-order chi connectivity index (χ0) is 35.0. The average Bonchev–Trinajstić information content (AvgIpc) is 3.60. The normalized spacial score (nSPS) is 13.9. The van der Waals surface area contributed by atoms with Crippen LogP contribution in [0.3, 0.4) is 0 Å². The highest BCUT2D eigenvalue weighted by Gasteiger charge is 2.36. The Labute approximate surface area is 296 Å². The first-order valence-corrected chi connectivity index (χ1v) is 18.3. The molecule has 0 saturated heterocycles. The van der Waals surface area contributed by atoms with Crippen LogP contribution in [0.5, 0.6) is 5.75 Å². The van der Waals surface area contributed by atoms with E-state index >= 15 is 0 Å². The number of carbonyl (C=O) groups excluding carboxylic acids is 2. The maximum atomic E-state index is 14.7. The van der Waals surface area contributed by atoms with Gasteiger partial charge in [0, 0.05) is 29.1 Å². The molecule has 1 aliphatic rings. The fourth-order valence-corrected chi connectivity index (χ4v) is 7.78. The van der Waals surface area contributed by atoms with Crippen LogP contribution in [0.1, 0.15) is 43.7 Å². The zero-order valence-electron chi connectivity index (χ0n) is 27.0. The van der Waals surface area contributed by atoms with Gasteiger partial charge in [0.25, 0.3) is 10.0 Å². The lowest BCUT2D eigenvalue weighted by Gasteiger charge is -2.34. The van der Waals surface area contributed by atoms with E-state index in [1.54, 1.807) is 30.3 Å². The second kappa shape index (κ2) is 16.5. The molecule has 1 saturated carbocycles. The SMILES string of the molecule is CCOc1ccc(N(CC(=O)N(Cc2ccc(Cl)cc2Cl)C(Cc2ccccc2)C(=O)NC2CCCC2)S(=O)(=O)c2ccc(F)cc2)cc1. The fourth-order valence-electron chi connectivity index (χ4n) is 5.89. The van der Waals surface area contributed by atoms with Crippen LogP contribution >= 0.6 is 23.2 Å².